The summed E-state index contributed by atoms with van der Waals surface area (Å²) in [5, 5.41) is 9.28. The third-order valence-corrected chi connectivity index (χ3v) is 7.59. The first-order chi connectivity index (χ1) is 10.4. The summed E-state index contributed by atoms with van der Waals surface area (Å²) in [6.07, 6.45) is 16.6. The summed E-state index contributed by atoms with van der Waals surface area (Å²) in [4.78, 5) is 10.9. The van der Waals surface area contributed by atoms with Crippen molar-refractivity contribution in [3.63, 3.8) is 0 Å². The van der Waals surface area contributed by atoms with E-state index in [4.69, 9.17) is 0 Å². The first-order valence-electron chi connectivity index (χ1n) is 9.44. The Kier molecular flexibility index (Phi) is 4.21. The fourth-order valence-electron chi connectivity index (χ4n) is 6.21. The zero-order chi connectivity index (χ0) is 15.9. The Hall–Kier alpha value is -0.370. The lowest BCUT2D eigenvalue weighted by atomic mass is 9.70. The Balaban J connectivity index is 0.000000131. The van der Waals surface area contributed by atoms with Gasteiger partial charge in [-0.25, -0.2) is 0 Å². The third kappa shape index (κ3) is 3.00. The third-order valence-electron chi connectivity index (χ3n) is 7.59. The molecule has 0 aliphatic heterocycles. The molecule has 4 saturated carbocycles. The van der Waals surface area contributed by atoms with E-state index in [2.05, 4.69) is 13.8 Å². The lowest BCUT2D eigenvalue weighted by Crippen LogP contribution is -2.28. The van der Waals surface area contributed by atoms with Gasteiger partial charge in [-0.15, -0.1) is 0 Å². The van der Waals surface area contributed by atoms with E-state index in [1.165, 1.54) is 70.5 Å². The van der Waals surface area contributed by atoms with Crippen molar-refractivity contribution >= 4 is 6.29 Å². The zero-order valence-electron chi connectivity index (χ0n) is 14.6. The highest BCUT2D eigenvalue weighted by Crippen LogP contribution is 2.58. The van der Waals surface area contributed by atoms with Crippen molar-refractivity contribution in [3.05, 3.63) is 0 Å². The monoisotopic (exact) mass is 306 g/mol. The van der Waals surface area contributed by atoms with E-state index in [0.717, 1.165) is 12.8 Å². The molecule has 4 aliphatic carbocycles. The quantitative estimate of drug-likeness (QED) is 0.738. The van der Waals surface area contributed by atoms with Gasteiger partial charge >= 0.3 is 0 Å². The second-order valence-electron chi connectivity index (χ2n) is 9.82. The van der Waals surface area contributed by atoms with Crippen LogP contribution in [0.25, 0.3) is 0 Å². The molecule has 4 fully saturated rings. The summed E-state index contributed by atoms with van der Waals surface area (Å²) in [6, 6.07) is 0. The SMILES string of the molecule is CC12CCCC(C=O)(CC1)C2.CC12CCCC(CO)(CC1)C2. The molecule has 0 spiro atoms. The number of aliphatic hydroxyl groups is 1. The zero-order valence-corrected chi connectivity index (χ0v) is 14.6. The second kappa shape index (κ2) is 5.61. The smallest absolute Gasteiger partial charge is 0.126 e. The predicted octanol–water partition coefficient (Wildman–Crippen LogP) is 4.89. The van der Waals surface area contributed by atoms with Gasteiger partial charge in [-0.2, -0.15) is 0 Å². The molecule has 0 aromatic heterocycles. The molecule has 2 nitrogen and oxygen atoms in total. The van der Waals surface area contributed by atoms with Crippen LogP contribution in [0.1, 0.15) is 90.9 Å². The maximum atomic E-state index is 10.9. The standard InChI is InChI=1S/C10H18O.C10H16O/c2*1-9-3-2-4-10(7-9,8-11)6-5-9/h11H,2-8H2,1H3;8H,2-7H2,1H3. The van der Waals surface area contributed by atoms with Crippen LogP contribution in [0.5, 0.6) is 0 Å². The number of carbonyl (C=O) groups excluding carboxylic acids is 1. The first-order valence-corrected chi connectivity index (χ1v) is 9.44. The summed E-state index contributed by atoms with van der Waals surface area (Å²) >= 11 is 0. The number of aldehydes is 1. The summed E-state index contributed by atoms with van der Waals surface area (Å²) in [5.41, 5.74) is 1.60. The Morgan fingerprint density at radius 3 is 2.05 bits per heavy atom. The molecule has 4 atom stereocenters. The van der Waals surface area contributed by atoms with Crippen molar-refractivity contribution in [3.8, 4) is 0 Å². The molecule has 1 N–H and O–H groups in total. The number of hydrogen-bond donors (Lipinski definition) is 1. The molecule has 0 heterocycles. The van der Waals surface area contributed by atoms with E-state index < -0.39 is 0 Å². The highest BCUT2D eigenvalue weighted by Gasteiger charge is 2.48. The van der Waals surface area contributed by atoms with Crippen molar-refractivity contribution in [2.24, 2.45) is 21.7 Å². The van der Waals surface area contributed by atoms with Crippen molar-refractivity contribution < 1.29 is 9.90 Å². The fraction of sp³-hybridized carbons (Fsp3) is 0.950. The van der Waals surface area contributed by atoms with E-state index in [-0.39, 0.29) is 5.41 Å². The minimum Gasteiger partial charge on any atom is -0.396 e. The normalized spacial score (nSPS) is 49.4. The fourth-order valence-corrected chi connectivity index (χ4v) is 6.21. The topological polar surface area (TPSA) is 37.3 Å². The average molecular weight is 306 g/mol. The van der Waals surface area contributed by atoms with Crippen molar-refractivity contribution in [1.29, 1.82) is 0 Å². The number of fused-ring (bicyclic) bond motifs is 4. The molecule has 0 saturated heterocycles. The van der Waals surface area contributed by atoms with Gasteiger partial charge in [0.15, 0.2) is 0 Å². The van der Waals surface area contributed by atoms with Gasteiger partial charge in [0.1, 0.15) is 6.29 Å². The van der Waals surface area contributed by atoms with Crippen LogP contribution in [-0.2, 0) is 4.79 Å². The Labute approximate surface area is 136 Å². The van der Waals surface area contributed by atoms with Crippen LogP contribution >= 0.6 is 0 Å². The molecule has 4 unspecified atom stereocenters. The van der Waals surface area contributed by atoms with E-state index in [1.807, 2.05) is 0 Å². The van der Waals surface area contributed by atoms with Crippen molar-refractivity contribution in [2.75, 3.05) is 6.61 Å². The van der Waals surface area contributed by atoms with Crippen LogP contribution in [-0.4, -0.2) is 18.0 Å². The molecule has 0 aromatic carbocycles. The van der Waals surface area contributed by atoms with Crippen LogP contribution in [0.2, 0.25) is 0 Å². The molecule has 0 amide bonds. The van der Waals surface area contributed by atoms with Gasteiger partial charge in [0.2, 0.25) is 0 Å². The molecule has 2 heteroatoms. The van der Waals surface area contributed by atoms with Crippen molar-refractivity contribution in [2.45, 2.75) is 90.9 Å². The van der Waals surface area contributed by atoms with Crippen LogP contribution < -0.4 is 0 Å². The molecule has 126 valence electrons. The molecule has 4 aliphatic rings. The Morgan fingerprint density at radius 2 is 1.45 bits per heavy atom. The van der Waals surface area contributed by atoms with E-state index in [9.17, 15) is 9.90 Å². The summed E-state index contributed by atoms with van der Waals surface area (Å²) < 4.78 is 0. The van der Waals surface area contributed by atoms with Gasteiger partial charge in [0, 0.05) is 12.0 Å². The van der Waals surface area contributed by atoms with Crippen LogP contribution in [0.3, 0.4) is 0 Å². The molecular formula is C20H34O2. The Morgan fingerprint density at radius 1 is 0.818 bits per heavy atom. The van der Waals surface area contributed by atoms with Gasteiger partial charge in [0.05, 0.1) is 0 Å². The van der Waals surface area contributed by atoms with Crippen LogP contribution in [0, 0.1) is 21.7 Å². The summed E-state index contributed by atoms with van der Waals surface area (Å²) in [5.74, 6) is 0. The number of rotatable bonds is 2. The maximum Gasteiger partial charge on any atom is 0.126 e. The largest absolute Gasteiger partial charge is 0.396 e. The number of carbonyl (C=O) groups is 1. The van der Waals surface area contributed by atoms with Gasteiger partial charge in [-0.1, -0.05) is 26.7 Å². The molecule has 4 rings (SSSR count). The Bertz CT molecular complexity index is 433. The minimum absolute atomic E-state index is 0.118. The van der Waals surface area contributed by atoms with Gasteiger partial charge < -0.3 is 9.90 Å². The first kappa shape index (κ1) is 16.5. The van der Waals surface area contributed by atoms with E-state index >= 15 is 0 Å². The number of aliphatic hydroxyl groups excluding tert-OH is 1. The molecule has 0 aromatic rings. The predicted molar refractivity (Wildman–Crippen MR) is 89.6 cm³/mol. The van der Waals surface area contributed by atoms with Crippen molar-refractivity contribution in [1.82, 2.24) is 0 Å². The summed E-state index contributed by atoms with van der Waals surface area (Å²) in [6.45, 7) is 5.17. The lowest BCUT2D eigenvalue weighted by Gasteiger charge is -2.36. The molecule has 0 radical (unpaired) electrons. The maximum absolute atomic E-state index is 10.9. The molecule has 4 bridgehead atoms. The van der Waals surface area contributed by atoms with Gasteiger partial charge in [-0.3, -0.25) is 0 Å². The van der Waals surface area contributed by atoms with Crippen LogP contribution in [0.4, 0.5) is 0 Å². The van der Waals surface area contributed by atoms with Gasteiger partial charge in [-0.05, 0) is 80.5 Å². The average Bonchev–Trinajstić information content (AvgIpc) is 2.90. The second-order valence-corrected chi connectivity index (χ2v) is 9.82. The lowest BCUT2D eigenvalue weighted by molar-refractivity contribution is -0.117. The molecule has 22 heavy (non-hydrogen) atoms. The van der Waals surface area contributed by atoms with E-state index in [0.29, 0.717) is 22.9 Å². The summed E-state index contributed by atoms with van der Waals surface area (Å²) in [7, 11) is 0. The van der Waals surface area contributed by atoms with E-state index in [1.54, 1.807) is 0 Å². The highest BCUT2D eigenvalue weighted by atomic mass is 16.3. The molecular weight excluding hydrogens is 272 g/mol. The minimum atomic E-state index is 0.118. The number of hydrogen-bond acceptors (Lipinski definition) is 2. The van der Waals surface area contributed by atoms with Gasteiger partial charge in [0.25, 0.3) is 0 Å². The highest BCUT2D eigenvalue weighted by molar-refractivity contribution is 5.60. The van der Waals surface area contributed by atoms with Crippen LogP contribution in [0.15, 0.2) is 0 Å².